The molecule has 0 radical (unpaired) electrons. The molecule has 0 aliphatic heterocycles. The summed E-state index contributed by atoms with van der Waals surface area (Å²) in [6.45, 7) is 3.62. The minimum Gasteiger partial charge on any atom is -0.466 e. The maximum Gasteiger partial charge on any atom is 0.273 e. The highest BCUT2D eigenvalue weighted by atomic mass is 16.3. The zero-order valence-electron chi connectivity index (χ0n) is 12.2. The second-order valence-electron chi connectivity index (χ2n) is 5.22. The molecule has 1 heterocycles. The first-order valence-electron chi connectivity index (χ1n) is 7.07. The van der Waals surface area contributed by atoms with Crippen molar-refractivity contribution < 1.29 is 9.21 Å². The number of hydrazine groups is 1. The predicted octanol–water partition coefficient (Wildman–Crippen LogP) is 3.12. The van der Waals surface area contributed by atoms with Crippen LogP contribution in [0.1, 0.15) is 39.4 Å². The van der Waals surface area contributed by atoms with Gasteiger partial charge in [-0.1, -0.05) is 30.3 Å². The second kappa shape index (κ2) is 5.48. The average Bonchev–Trinajstić information content (AvgIpc) is 2.83. The van der Waals surface area contributed by atoms with Gasteiger partial charge in [-0.2, -0.15) is 0 Å². The van der Waals surface area contributed by atoms with E-state index in [1.807, 2.05) is 19.1 Å². The molecule has 0 saturated carbocycles. The molecule has 0 fully saturated rings. The topological polar surface area (TPSA) is 54.3 Å². The van der Waals surface area contributed by atoms with Crippen LogP contribution < -0.4 is 10.9 Å². The highest BCUT2D eigenvalue weighted by Gasteiger charge is 2.15. The van der Waals surface area contributed by atoms with Gasteiger partial charge >= 0.3 is 0 Å². The van der Waals surface area contributed by atoms with Crippen molar-refractivity contribution in [2.24, 2.45) is 0 Å². The molecule has 1 aromatic carbocycles. The smallest absolute Gasteiger partial charge is 0.273 e. The van der Waals surface area contributed by atoms with Gasteiger partial charge in [0, 0.05) is 5.56 Å². The Labute approximate surface area is 123 Å². The van der Waals surface area contributed by atoms with Crippen LogP contribution in [0.15, 0.2) is 40.8 Å². The molecule has 0 saturated heterocycles. The lowest BCUT2D eigenvalue weighted by atomic mass is 9.95. The molecule has 4 nitrogen and oxygen atoms in total. The standard InChI is InChI=1S/C17H18N2O2/c1-11-10-15(12(2)21-11)17(20)19-18-16-9-5-7-13-6-3-4-8-14(13)16/h3-4,6,8-10,18H,5,7H2,1-2H3,(H,19,20). The van der Waals surface area contributed by atoms with E-state index in [2.05, 4.69) is 29.1 Å². The summed E-state index contributed by atoms with van der Waals surface area (Å²) in [6.07, 6.45) is 4.12. The molecule has 1 aliphatic carbocycles. The van der Waals surface area contributed by atoms with Crippen molar-refractivity contribution in [3.05, 3.63) is 64.6 Å². The number of carbonyl (C=O) groups is 1. The Hall–Kier alpha value is -2.49. The average molecular weight is 282 g/mol. The van der Waals surface area contributed by atoms with Crippen molar-refractivity contribution in [1.29, 1.82) is 0 Å². The molecule has 2 aromatic rings. The van der Waals surface area contributed by atoms with E-state index >= 15 is 0 Å². The summed E-state index contributed by atoms with van der Waals surface area (Å²) in [5.41, 5.74) is 9.73. The molecule has 4 heteroatoms. The van der Waals surface area contributed by atoms with E-state index in [4.69, 9.17) is 4.42 Å². The number of allylic oxidation sites excluding steroid dienone is 1. The maximum absolute atomic E-state index is 12.2. The quantitative estimate of drug-likeness (QED) is 0.850. The number of carbonyl (C=O) groups excluding carboxylic acids is 1. The Morgan fingerprint density at radius 1 is 1.24 bits per heavy atom. The highest BCUT2D eigenvalue weighted by Crippen LogP contribution is 2.23. The molecular formula is C17H18N2O2. The number of hydrogen-bond acceptors (Lipinski definition) is 3. The van der Waals surface area contributed by atoms with Crippen LogP contribution in [0.25, 0.3) is 5.70 Å². The fourth-order valence-corrected chi connectivity index (χ4v) is 2.65. The third-order valence-electron chi connectivity index (χ3n) is 3.67. The second-order valence-corrected chi connectivity index (χ2v) is 5.22. The lowest BCUT2D eigenvalue weighted by Gasteiger charge is -2.19. The Bertz CT molecular complexity index is 713. The zero-order chi connectivity index (χ0) is 14.8. The van der Waals surface area contributed by atoms with E-state index in [1.54, 1.807) is 13.0 Å². The van der Waals surface area contributed by atoms with Crippen molar-refractivity contribution in [3.8, 4) is 0 Å². The Morgan fingerprint density at radius 2 is 2.05 bits per heavy atom. The Kier molecular flexibility index (Phi) is 3.52. The van der Waals surface area contributed by atoms with Crippen LogP contribution in [-0.2, 0) is 6.42 Å². The number of rotatable bonds is 3. The number of nitrogens with one attached hydrogen (secondary N) is 2. The molecule has 2 N–H and O–H groups in total. The van der Waals surface area contributed by atoms with Crippen molar-refractivity contribution in [2.75, 3.05) is 0 Å². The van der Waals surface area contributed by atoms with Gasteiger partial charge in [-0.3, -0.25) is 15.6 Å². The van der Waals surface area contributed by atoms with Crippen molar-refractivity contribution in [2.45, 2.75) is 26.7 Å². The summed E-state index contributed by atoms with van der Waals surface area (Å²) in [5, 5.41) is 0. The molecule has 0 atom stereocenters. The first kappa shape index (κ1) is 13.5. The minimum atomic E-state index is -0.187. The molecule has 1 amide bonds. The number of fused-ring (bicyclic) bond motifs is 1. The first-order chi connectivity index (χ1) is 10.1. The van der Waals surface area contributed by atoms with Crippen LogP contribution in [-0.4, -0.2) is 5.91 Å². The number of hydrogen-bond donors (Lipinski definition) is 2. The first-order valence-corrected chi connectivity index (χ1v) is 7.07. The molecule has 0 spiro atoms. The van der Waals surface area contributed by atoms with Gasteiger partial charge in [-0.05, 0) is 38.3 Å². The minimum absolute atomic E-state index is 0.187. The maximum atomic E-state index is 12.2. The fourth-order valence-electron chi connectivity index (χ4n) is 2.65. The lowest BCUT2D eigenvalue weighted by molar-refractivity contribution is 0.0941. The van der Waals surface area contributed by atoms with Crippen LogP contribution >= 0.6 is 0 Å². The van der Waals surface area contributed by atoms with Crippen molar-refractivity contribution >= 4 is 11.6 Å². The van der Waals surface area contributed by atoms with Crippen molar-refractivity contribution in [3.63, 3.8) is 0 Å². The molecule has 0 unspecified atom stereocenters. The molecule has 108 valence electrons. The van der Waals surface area contributed by atoms with E-state index in [-0.39, 0.29) is 5.91 Å². The number of aryl methyl sites for hydroxylation is 3. The third-order valence-corrected chi connectivity index (χ3v) is 3.67. The fraction of sp³-hybridized carbons (Fsp3) is 0.235. The van der Waals surface area contributed by atoms with E-state index in [1.165, 1.54) is 5.56 Å². The summed E-state index contributed by atoms with van der Waals surface area (Å²) >= 11 is 0. The molecule has 1 aliphatic rings. The summed E-state index contributed by atoms with van der Waals surface area (Å²) in [4.78, 5) is 12.2. The summed E-state index contributed by atoms with van der Waals surface area (Å²) in [6, 6.07) is 9.97. The number of amides is 1. The molecule has 0 bridgehead atoms. The van der Waals surface area contributed by atoms with Gasteiger partial charge in [-0.15, -0.1) is 0 Å². The summed E-state index contributed by atoms with van der Waals surface area (Å²) in [5.74, 6) is 1.18. The van der Waals surface area contributed by atoms with Crippen LogP contribution in [0.3, 0.4) is 0 Å². The van der Waals surface area contributed by atoms with Gasteiger partial charge < -0.3 is 4.42 Å². The van der Waals surface area contributed by atoms with Gasteiger partial charge in [0.2, 0.25) is 0 Å². The number of furan rings is 1. The van der Waals surface area contributed by atoms with E-state index in [0.717, 1.165) is 29.9 Å². The molecular weight excluding hydrogens is 264 g/mol. The van der Waals surface area contributed by atoms with Gasteiger partial charge in [0.05, 0.1) is 11.3 Å². The predicted molar refractivity (Wildman–Crippen MR) is 81.5 cm³/mol. The largest absolute Gasteiger partial charge is 0.466 e. The van der Waals surface area contributed by atoms with Gasteiger partial charge in [-0.25, -0.2) is 0 Å². The van der Waals surface area contributed by atoms with Crippen LogP contribution in [0.5, 0.6) is 0 Å². The molecule has 3 rings (SSSR count). The summed E-state index contributed by atoms with van der Waals surface area (Å²) in [7, 11) is 0. The highest BCUT2D eigenvalue weighted by molar-refractivity contribution is 5.95. The number of benzene rings is 1. The Morgan fingerprint density at radius 3 is 2.81 bits per heavy atom. The van der Waals surface area contributed by atoms with E-state index in [9.17, 15) is 4.79 Å². The molecule has 1 aromatic heterocycles. The normalized spacial score (nSPS) is 13.3. The van der Waals surface area contributed by atoms with E-state index < -0.39 is 0 Å². The van der Waals surface area contributed by atoms with Crippen LogP contribution in [0.4, 0.5) is 0 Å². The summed E-state index contributed by atoms with van der Waals surface area (Å²) < 4.78 is 5.38. The SMILES string of the molecule is Cc1cc(C(=O)NNC2=CCCc3ccccc32)c(C)o1. The monoisotopic (exact) mass is 282 g/mol. The third kappa shape index (κ3) is 2.70. The van der Waals surface area contributed by atoms with E-state index in [0.29, 0.717) is 11.3 Å². The molecule has 21 heavy (non-hydrogen) atoms. The lowest BCUT2D eigenvalue weighted by Crippen LogP contribution is -2.36. The Balaban J connectivity index is 1.72. The van der Waals surface area contributed by atoms with Crippen molar-refractivity contribution in [1.82, 2.24) is 10.9 Å². The van der Waals surface area contributed by atoms with Gasteiger partial charge in [0.1, 0.15) is 11.5 Å². The van der Waals surface area contributed by atoms with Crippen LogP contribution in [0, 0.1) is 13.8 Å². The van der Waals surface area contributed by atoms with Crippen LogP contribution in [0.2, 0.25) is 0 Å². The zero-order valence-corrected chi connectivity index (χ0v) is 12.2. The van der Waals surface area contributed by atoms with Gasteiger partial charge in [0.25, 0.3) is 5.91 Å². The van der Waals surface area contributed by atoms with Gasteiger partial charge in [0.15, 0.2) is 0 Å².